The number of Topliss-reactive ketones (excluding diaryl/α,β-unsaturated/α-hetero) is 1. The van der Waals surface area contributed by atoms with Gasteiger partial charge in [0.25, 0.3) is 0 Å². The van der Waals surface area contributed by atoms with Crippen LogP contribution in [0.25, 0.3) is 0 Å². The van der Waals surface area contributed by atoms with Crippen LogP contribution in [0.15, 0.2) is 24.3 Å². The van der Waals surface area contributed by atoms with Crippen molar-refractivity contribution in [3.8, 4) is 5.75 Å². The summed E-state index contributed by atoms with van der Waals surface area (Å²) in [6, 6.07) is 7.04. The Labute approximate surface area is 176 Å². The second-order valence-corrected chi connectivity index (χ2v) is 8.75. The molecular formula is C23H28N2O5. The number of amides is 3. The summed E-state index contributed by atoms with van der Waals surface area (Å²) in [6.07, 6.45) is 3.16. The van der Waals surface area contributed by atoms with Crippen molar-refractivity contribution in [3.05, 3.63) is 29.8 Å². The Morgan fingerprint density at radius 3 is 2.43 bits per heavy atom. The first-order valence-electron chi connectivity index (χ1n) is 10.6. The minimum Gasteiger partial charge on any atom is -0.497 e. The average Bonchev–Trinajstić information content (AvgIpc) is 3.54. The first-order chi connectivity index (χ1) is 14.4. The Kier molecular flexibility index (Phi) is 5.38. The molecule has 2 aliphatic heterocycles. The van der Waals surface area contributed by atoms with E-state index in [4.69, 9.17) is 4.74 Å². The minimum absolute atomic E-state index is 0.00434. The summed E-state index contributed by atoms with van der Waals surface area (Å²) >= 11 is 0. The van der Waals surface area contributed by atoms with Crippen LogP contribution in [0.1, 0.15) is 51.0 Å². The molecule has 2 atom stereocenters. The number of hydrogen-bond acceptors (Lipinski definition) is 5. The molecule has 1 saturated carbocycles. The van der Waals surface area contributed by atoms with Gasteiger partial charge in [-0.1, -0.05) is 12.1 Å². The Bertz CT molecular complexity index is 876. The highest BCUT2D eigenvalue weighted by atomic mass is 16.5. The number of imide groups is 1. The summed E-state index contributed by atoms with van der Waals surface area (Å²) in [5.74, 6) is -0.0557. The third kappa shape index (κ3) is 3.61. The van der Waals surface area contributed by atoms with E-state index < -0.39 is 5.41 Å². The molecule has 7 heteroatoms. The Morgan fingerprint density at radius 1 is 1.13 bits per heavy atom. The Morgan fingerprint density at radius 2 is 1.83 bits per heavy atom. The van der Waals surface area contributed by atoms with Crippen LogP contribution in [0.4, 0.5) is 0 Å². The van der Waals surface area contributed by atoms with Crippen molar-refractivity contribution in [2.24, 2.45) is 5.92 Å². The van der Waals surface area contributed by atoms with Crippen molar-refractivity contribution in [1.29, 1.82) is 0 Å². The lowest BCUT2D eigenvalue weighted by atomic mass is 9.75. The number of rotatable bonds is 6. The van der Waals surface area contributed by atoms with Gasteiger partial charge in [-0.2, -0.15) is 0 Å². The highest BCUT2D eigenvalue weighted by Crippen LogP contribution is 2.45. The van der Waals surface area contributed by atoms with Gasteiger partial charge >= 0.3 is 0 Å². The van der Waals surface area contributed by atoms with E-state index in [2.05, 4.69) is 0 Å². The molecule has 2 heterocycles. The van der Waals surface area contributed by atoms with Gasteiger partial charge in [0.15, 0.2) is 0 Å². The molecule has 1 aromatic rings. The first kappa shape index (κ1) is 20.6. The molecule has 7 nitrogen and oxygen atoms in total. The van der Waals surface area contributed by atoms with Crippen LogP contribution in [-0.4, -0.2) is 59.5 Å². The molecule has 0 unspecified atom stereocenters. The second-order valence-electron chi connectivity index (χ2n) is 8.75. The summed E-state index contributed by atoms with van der Waals surface area (Å²) in [7, 11) is 1.56. The zero-order valence-corrected chi connectivity index (χ0v) is 17.6. The van der Waals surface area contributed by atoms with Gasteiger partial charge in [0.05, 0.1) is 12.5 Å². The number of methoxy groups -OCH3 is 1. The monoisotopic (exact) mass is 412 g/mol. The molecule has 160 valence electrons. The molecule has 1 aliphatic carbocycles. The third-order valence-electron chi connectivity index (χ3n) is 6.71. The quantitative estimate of drug-likeness (QED) is 0.668. The number of piperidine rings is 1. The van der Waals surface area contributed by atoms with Crippen LogP contribution in [0, 0.1) is 5.92 Å². The van der Waals surface area contributed by atoms with E-state index in [1.165, 1.54) is 4.90 Å². The van der Waals surface area contributed by atoms with Crippen molar-refractivity contribution in [2.75, 3.05) is 20.2 Å². The predicted octanol–water partition coefficient (Wildman–Crippen LogP) is 2.07. The van der Waals surface area contributed by atoms with Crippen LogP contribution in [0.3, 0.4) is 0 Å². The third-order valence-corrected chi connectivity index (χ3v) is 6.71. The molecule has 3 fully saturated rings. The van der Waals surface area contributed by atoms with E-state index >= 15 is 0 Å². The highest BCUT2D eigenvalue weighted by Gasteiger charge is 2.57. The fourth-order valence-electron chi connectivity index (χ4n) is 4.75. The summed E-state index contributed by atoms with van der Waals surface area (Å²) in [5, 5.41) is 0. The number of carbonyl (C=O) groups is 4. The standard InChI is InChI=1S/C23H28N2O5/c1-15(26)16-4-3-11-24(14-16)20(27)12-23(17-5-9-19(30-2)10-6-17)13-21(28)25(22(23)29)18-7-8-18/h5-6,9-10,16,18H,3-4,7-8,11-14H2,1-2H3/t16-,23-/m1/s1. The maximum Gasteiger partial charge on any atom is 0.241 e. The van der Waals surface area contributed by atoms with Gasteiger partial charge in [0, 0.05) is 37.9 Å². The van der Waals surface area contributed by atoms with Gasteiger partial charge in [0.2, 0.25) is 17.7 Å². The molecular weight excluding hydrogens is 384 g/mol. The molecule has 2 saturated heterocycles. The highest BCUT2D eigenvalue weighted by molar-refractivity contribution is 6.11. The topological polar surface area (TPSA) is 84.0 Å². The lowest BCUT2D eigenvalue weighted by molar-refractivity contribution is -0.144. The molecule has 0 bridgehead atoms. The molecule has 3 aliphatic rings. The molecule has 1 aromatic carbocycles. The summed E-state index contributed by atoms with van der Waals surface area (Å²) in [6.45, 7) is 2.53. The van der Waals surface area contributed by atoms with Gasteiger partial charge in [-0.25, -0.2) is 0 Å². The molecule has 0 N–H and O–H groups in total. The maximum atomic E-state index is 13.5. The SMILES string of the molecule is COc1ccc([C@@]2(CC(=O)N3CCC[C@@H](C(C)=O)C3)CC(=O)N(C3CC3)C2=O)cc1. The molecule has 30 heavy (non-hydrogen) atoms. The largest absolute Gasteiger partial charge is 0.497 e. The summed E-state index contributed by atoms with van der Waals surface area (Å²) in [4.78, 5) is 54.5. The van der Waals surface area contributed by atoms with E-state index in [9.17, 15) is 19.2 Å². The van der Waals surface area contributed by atoms with Crippen LogP contribution < -0.4 is 4.74 Å². The van der Waals surface area contributed by atoms with Crippen LogP contribution in [-0.2, 0) is 24.6 Å². The van der Waals surface area contributed by atoms with Crippen molar-refractivity contribution in [1.82, 2.24) is 9.80 Å². The number of carbonyl (C=O) groups excluding carboxylic acids is 4. The minimum atomic E-state index is -1.19. The number of nitrogens with zero attached hydrogens (tertiary/aromatic N) is 2. The number of likely N-dealkylation sites (tertiary alicyclic amines) is 2. The van der Waals surface area contributed by atoms with E-state index in [0.29, 0.717) is 24.4 Å². The summed E-state index contributed by atoms with van der Waals surface area (Å²) < 4.78 is 5.22. The number of ether oxygens (including phenoxy) is 1. The van der Waals surface area contributed by atoms with Gasteiger partial charge in [-0.05, 0) is 50.3 Å². The van der Waals surface area contributed by atoms with Gasteiger partial charge in [-0.3, -0.25) is 24.1 Å². The zero-order valence-electron chi connectivity index (χ0n) is 17.6. The molecule has 3 amide bonds. The lowest BCUT2D eigenvalue weighted by Crippen LogP contribution is -2.47. The van der Waals surface area contributed by atoms with Crippen LogP contribution in [0.5, 0.6) is 5.75 Å². The van der Waals surface area contributed by atoms with E-state index in [-0.39, 0.29) is 48.3 Å². The Hall–Kier alpha value is -2.70. The number of ketones is 1. The second kappa shape index (κ2) is 7.85. The number of hydrogen-bond donors (Lipinski definition) is 0. The number of benzene rings is 1. The first-order valence-corrected chi connectivity index (χ1v) is 10.6. The van der Waals surface area contributed by atoms with Gasteiger partial charge in [0.1, 0.15) is 11.5 Å². The molecule has 4 rings (SSSR count). The van der Waals surface area contributed by atoms with Crippen molar-refractivity contribution in [3.63, 3.8) is 0 Å². The lowest BCUT2D eigenvalue weighted by Gasteiger charge is -2.35. The van der Waals surface area contributed by atoms with Gasteiger partial charge < -0.3 is 9.64 Å². The normalized spacial score (nSPS) is 26.8. The summed E-state index contributed by atoms with van der Waals surface area (Å²) in [5.41, 5.74) is -0.523. The van der Waals surface area contributed by atoms with E-state index in [0.717, 1.165) is 25.7 Å². The van der Waals surface area contributed by atoms with Crippen LogP contribution in [0.2, 0.25) is 0 Å². The molecule has 0 radical (unpaired) electrons. The average molecular weight is 412 g/mol. The fraction of sp³-hybridized carbons (Fsp3) is 0.565. The van der Waals surface area contributed by atoms with E-state index in [1.807, 2.05) is 0 Å². The smallest absolute Gasteiger partial charge is 0.241 e. The molecule has 0 spiro atoms. The van der Waals surface area contributed by atoms with Gasteiger partial charge in [-0.15, -0.1) is 0 Å². The van der Waals surface area contributed by atoms with Crippen molar-refractivity contribution < 1.29 is 23.9 Å². The van der Waals surface area contributed by atoms with Crippen molar-refractivity contribution >= 4 is 23.5 Å². The molecule has 0 aromatic heterocycles. The Balaban J connectivity index is 1.64. The van der Waals surface area contributed by atoms with E-state index in [1.54, 1.807) is 43.2 Å². The van der Waals surface area contributed by atoms with Crippen LogP contribution >= 0.6 is 0 Å². The zero-order chi connectivity index (χ0) is 21.5. The predicted molar refractivity (Wildman–Crippen MR) is 109 cm³/mol. The van der Waals surface area contributed by atoms with Crippen molar-refractivity contribution in [2.45, 2.75) is 56.9 Å². The fourth-order valence-corrected chi connectivity index (χ4v) is 4.75. The maximum absolute atomic E-state index is 13.5.